The number of carboxylic acids is 1. The van der Waals surface area contributed by atoms with E-state index < -0.39 is 11.9 Å². The standard InChI is InChI=1S/C16H18FN3O3/c1-3-10(2)20(9-15(21)22)16(23)14-8-13(18-19-14)11-4-6-12(17)7-5-11/h4-8,10H,3,9H2,1-2H3,(H,18,19)(H,21,22). The maximum atomic E-state index is 12.9. The third-order valence-electron chi connectivity index (χ3n) is 3.64. The molecule has 1 unspecified atom stereocenters. The number of halogens is 1. The maximum absolute atomic E-state index is 12.9. The molecule has 1 aromatic carbocycles. The number of carbonyl (C=O) groups excluding carboxylic acids is 1. The quantitative estimate of drug-likeness (QED) is 0.856. The summed E-state index contributed by atoms with van der Waals surface area (Å²) in [5.41, 5.74) is 1.36. The van der Waals surface area contributed by atoms with Gasteiger partial charge in [0, 0.05) is 11.6 Å². The van der Waals surface area contributed by atoms with Crippen molar-refractivity contribution in [3.8, 4) is 11.3 Å². The van der Waals surface area contributed by atoms with E-state index in [0.717, 1.165) is 0 Å². The topological polar surface area (TPSA) is 86.3 Å². The van der Waals surface area contributed by atoms with Gasteiger partial charge in [0.1, 0.15) is 18.1 Å². The lowest BCUT2D eigenvalue weighted by Crippen LogP contribution is -2.42. The Kier molecular flexibility index (Phi) is 5.10. The summed E-state index contributed by atoms with van der Waals surface area (Å²) in [6, 6.07) is 7.05. The molecule has 1 heterocycles. The first-order valence-electron chi connectivity index (χ1n) is 7.26. The number of aromatic nitrogens is 2. The first kappa shape index (κ1) is 16.7. The van der Waals surface area contributed by atoms with Gasteiger partial charge in [0.2, 0.25) is 0 Å². The van der Waals surface area contributed by atoms with Crippen LogP contribution in [0.1, 0.15) is 30.8 Å². The molecule has 7 heteroatoms. The summed E-state index contributed by atoms with van der Waals surface area (Å²) in [5.74, 6) is -1.86. The number of carbonyl (C=O) groups is 2. The van der Waals surface area contributed by atoms with Crippen molar-refractivity contribution in [2.75, 3.05) is 6.54 Å². The highest BCUT2D eigenvalue weighted by atomic mass is 19.1. The molecular formula is C16H18FN3O3. The van der Waals surface area contributed by atoms with Gasteiger partial charge >= 0.3 is 5.97 Å². The molecule has 0 bridgehead atoms. The number of aliphatic carboxylic acids is 1. The Labute approximate surface area is 132 Å². The number of carboxylic acid groups (broad SMARTS) is 1. The smallest absolute Gasteiger partial charge is 0.323 e. The summed E-state index contributed by atoms with van der Waals surface area (Å²) in [6.07, 6.45) is 0.637. The van der Waals surface area contributed by atoms with Gasteiger partial charge in [-0.25, -0.2) is 4.39 Å². The molecule has 1 atom stereocenters. The molecule has 2 N–H and O–H groups in total. The van der Waals surface area contributed by atoms with Crippen molar-refractivity contribution >= 4 is 11.9 Å². The van der Waals surface area contributed by atoms with E-state index in [9.17, 15) is 14.0 Å². The predicted molar refractivity (Wildman–Crippen MR) is 82.4 cm³/mol. The molecule has 0 aliphatic rings. The van der Waals surface area contributed by atoms with E-state index in [-0.39, 0.29) is 24.1 Å². The van der Waals surface area contributed by atoms with Gasteiger partial charge < -0.3 is 10.0 Å². The minimum atomic E-state index is -1.07. The van der Waals surface area contributed by atoms with Crippen LogP contribution in [0.5, 0.6) is 0 Å². The number of nitrogens with one attached hydrogen (secondary N) is 1. The SMILES string of the molecule is CCC(C)N(CC(=O)O)C(=O)c1cc(-c2ccc(F)cc2)n[nH]1. The van der Waals surface area contributed by atoms with E-state index >= 15 is 0 Å². The van der Waals surface area contributed by atoms with Gasteiger partial charge in [0.25, 0.3) is 5.91 Å². The van der Waals surface area contributed by atoms with Gasteiger partial charge in [-0.15, -0.1) is 0 Å². The van der Waals surface area contributed by atoms with Crippen LogP contribution in [-0.2, 0) is 4.79 Å². The Balaban J connectivity index is 2.25. The number of benzene rings is 1. The fourth-order valence-corrected chi connectivity index (χ4v) is 2.15. The Morgan fingerprint density at radius 2 is 2.00 bits per heavy atom. The fourth-order valence-electron chi connectivity index (χ4n) is 2.15. The first-order valence-corrected chi connectivity index (χ1v) is 7.26. The van der Waals surface area contributed by atoms with E-state index in [1.807, 2.05) is 6.92 Å². The van der Waals surface area contributed by atoms with Gasteiger partial charge in [-0.05, 0) is 43.7 Å². The summed E-state index contributed by atoms with van der Waals surface area (Å²) >= 11 is 0. The second-order valence-electron chi connectivity index (χ2n) is 5.26. The highest BCUT2D eigenvalue weighted by Crippen LogP contribution is 2.19. The minimum Gasteiger partial charge on any atom is -0.480 e. The Morgan fingerprint density at radius 1 is 1.35 bits per heavy atom. The molecule has 2 aromatic rings. The van der Waals surface area contributed by atoms with Gasteiger partial charge in [-0.2, -0.15) is 5.10 Å². The second-order valence-corrected chi connectivity index (χ2v) is 5.26. The third kappa shape index (κ3) is 3.94. The van der Waals surface area contributed by atoms with E-state index in [2.05, 4.69) is 10.2 Å². The molecule has 23 heavy (non-hydrogen) atoms. The zero-order valence-corrected chi connectivity index (χ0v) is 12.9. The number of hydrogen-bond donors (Lipinski definition) is 2. The second kappa shape index (κ2) is 7.04. The molecule has 0 saturated carbocycles. The van der Waals surface area contributed by atoms with Crippen LogP contribution < -0.4 is 0 Å². The molecule has 122 valence electrons. The van der Waals surface area contributed by atoms with Gasteiger partial charge in [0.15, 0.2) is 0 Å². The van der Waals surface area contributed by atoms with Crippen LogP contribution in [0.3, 0.4) is 0 Å². The van der Waals surface area contributed by atoms with Crippen molar-refractivity contribution in [1.82, 2.24) is 15.1 Å². The highest BCUT2D eigenvalue weighted by molar-refractivity contribution is 5.95. The van der Waals surface area contributed by atoms with Crippen molar-refractivity contribution in [2.24, 2.45) is 0 Å². The van der Waals surface area contributed by atoms with Crippen LogP contribution in [0.25, 0.3) is 11.3 Å². The zero-order chi connectivity index (χ0) is 17.0. The van der Waals surface area contributed by atoms with Crippen molar-refractivity contribution in [2.45, 2.75) is 26.3 Å². The Bertz CT molecular complexity index is 697. The molecule has 1 aromatic heterocycles. The predicted octanol–water partition coefficient (Wildman–Crippen LogP) is 2.54. The first-order chi connectivity index (χ1) is 10.9. The average molecular weight is 319 g/mol. The van der Waals surface area contributed by atoms with E-state index in [1.165, 1.54) is 23.1 Å². The van der Waals surface area contributed by atoms with Crippen molar-refractivity contribution in [3.05, 3.63) is 41.8 Å². The number of amides is 1. The van der Waals surface area contributed by atoms with Crippen LogP contribution >= 0.6 is 0 Å². The van der Waals surface area contributed by atoms with E-state index in [1.54, 1.807) is 19.1 Å². The van der Waals surface area contributed by atoms with Crippen molar-refractivity contribution in [1.29, 1.82) is 0 Å². The van der Waals surface area contributed by atoms with Crippen LogP contribution in [0.15, 0.2) is 30.3 Å². The average Bonchev–Trinajstić information content (AvgIpc) is 3.01. The molecule has 0 aliphatic carbocycles. The van der Waals surface area contributed by atoms with Gasteiger partial charge in [-0.1, -0.05) is 6.92 Å². The summed E-state index contributed by atoms with van der Waals surface area (Å²) in [7, 11) is 0. The van der Waals surface area contributed by atoms with Gasteiger partial charge in [-0.3, -0.25) is 14.7 Å². The number of aromatic amines is 1. The van der Waals surface area contributed by atoms with Crippen molar-refractivity contribution in [3.63, 3.8) is 0 Å². The number of H-pyrrole nitrogens is 1. The third-order valence-corrected chi connectivity index (χ3v) is 3.64. The molecular weight excluding hydrogens is 301 g/mol. The van der Waals surface area contributed by atoms with Crippen LogP contribution in [0.4, 0.5) is 4.39 Å². The molecule has 1 amide bonds. The van der Waals surface area contributed by atoms with E-state index in [4.69, 9.17) is 5.11 Å². The largest absolute Gasteiger partial charge is 0.480 e. The summed E-state index contributed by atoms with van der Waals surface area (Å²) in [5, 5.41) is 15.6. The Morgan fingerprint density at radius 3 is 2.57 bits per heavy atom. The molecule has 0 spiro atoms. The molecule has 0 aliphatic heterocycles. The fraction of sp³-hybridized carbons (Fsp3) is 0.312. The highest BCUT2D eigenvalue weighted by Gasteiger charge is 2.24. The lowest BCUT2D eigenvalue weighted by atomic mass is 10.1. The normalized spacial score (nSPS) is 12.0. The minimum absolute atomic E-state index is 0.200. The van der Waals surface area contributed by atoms with Gasteiger partial charge in [0.05, 0.1) is 5.69 Å². The van der Waals surface area contributed by atoms with Crippen LogP contribution in [-0.4, -0.2) is 44.7 Å². The maximum Gasteiger partial charge on any atom is 0.323 e. The number of nitrogens with zero attached hydrogens (tertiary/aromatic N) is 2. The van der Waals surface area contributed by atoms with Crippen molar-refractivity contribution < 1.29 is 19.1 Å². The molecule has 0 radical (unpaired) electrons. The number of rotatable bonds is 6. The molecule has 0 saturated heterocycles. The van der Waals surface area contributed by atoms with Crippen LogP contribution in [0, 0.1) is 5.82 Å². The Hall–Kier alpha value is -2.70. The lowest BCUT2D eigenvalue weighted by molar-refractivity contribution is -0.138. The summed E-state index contributed by atoms with van der Waals surface area (Å²) in [6.45, 7) is 3.29. The van der Waals surface area contributed by atoms with E-state index in [0.29, 0.717) is 17.7 Å². The zero-order valence-electron chi connectivity index (χ0n) is 12.9. The monoisotopic (exact) mass is 319 g/mol. The molecule has 2 rings (SSSR count). The lowest BCUT2D eigenvalue weighted by Gasteiger charge is -2.26. The molecule has 0 fully saturated rings. The van der Waals surface area contributed by atoms with Crippen LogP contribution in [0.2, 0.25) is 0 Å². The summed E-state index contributed by atoms with van der Waals surface area (Å²) in [4.78, 5) is 24.8. The number of hydrogen-bond acceptors (Lipinski definition) is 3. The summed E-state index contributed by atoms with van der Waals surface area (Å²) < 4.78 is 12.9. The molecule has 6 nitrogen and oxygen atoms in total.